The van der Waals surface area contributed by atoms with Crippen molar-refractivity contribution in [2.75, 3.05) is 12.8 Å². The molecule has 0 fully saturated rings. The second-order valence-electron chi connectivity index (χ2n) is 4.10. The Balaban J connectivity index is 1.94. The fraction of sp³-hybridized carbons (Fsp3) is 0.167. The molecule has 3 aromatic heterocycles. The molecule has 3 aromatic rings. The maximum absolute atomic E-state index is 11.6. The van der Waals surface area contributed by atoms with Crippen LogP contribution in [0.2, 0.25) is 0 Å². The van der Waals surface area contributed by atoms with Crippen LogP contribution in [-0.4, -0.2) is 27.0 Å². The van der Waals surface area contributed by atoms with Crippen LogP contribution in [-0.2, 0) is 11.3 Å². The predicted molar refractivity (Wildman–Crippen MR) is 72.4 cm³/mol. The number of nitrogen functional groups attached to an aromatic ring is 1. The third kappa shape index (κ3) is 2.08. The zero-order chi connectivity index (χ0) is 13.4. The van der Waals surface area contributed by atoms with Gasteiger partial charge in [0.15, 0.2) is 4.96 Å². The Labute approximate surface area is 113 Å². The zero-order valence-electron chi connectivity index (χ0n) is 10.2. The van der Waals surface area contributed by atoms with E-state index in [1.807, 2.05) is 22.2 Å². The molecule has 2 N–H and O–H groups in total. The number of esters is 1. The number of imidazole rings is 1. The minimum atomic E-state index is -0.405. The largest absolute Gasteiger partial charge is 0.464 e. The lowest BCUT2D eigenvalue weighted by Crippen LogP contribution is -2.10. The summed E-state index contributed by atoms with van der Waals surface area (Å²) in [6, 6.07) is 1.60. The molecule has 3 heterocycles. The summed E-state index contributed by atoms with van der Waals surface area (Å²) in [6.07, 6.45) is 5.59. The molecule has 0 saturated carbocycles. The Kier molecular flexibility index (Phi) is 2.75. The maximum atomic E-state index is 11.6. The summed E-state index contributed by atoms with van der Waals surface area (Å²) in [5, 5.41) is 1.97. The van der Waals surface area contributed by atoms with E-state index >= 15 is 0 Å². The second kappa shape index (κ2) is 4.43. The quantitative estimate of drug-likeness (QED) is 0.738. The summed E-state index contributed by atoms with van der Waals surface area (Å²) in [7, 11) is 1.35. The van der Waals surface area contributed by atoms with Gasteiger partial charge in [-0.25, -0.2) is 9.78 Å². The molecule has 0 aliphatic heterocycles. The number of aromatic nitrogens is 3. The van der Waals surface area contributed by atoms with Crippen LogP contribution in [0.1, 0.15) is 16.2 Å². The first-order chi connectivity index (χ1) is 9.17. The normalized spacial score (nSPS) is 11.0. The van der Waals surface area contributed by atoms with E-state index < -0.39 is 5.97 Å². The zero-order valence-corrected chi connectivity index (χ0v) is 11.1. The van der Waals surface area contributed by atoms with Crippen LogP contribution in [0.5, 0.6) is 0 Å². The Bertz CT molecular complexity index is 711. The van der Waals surface area contributed by atoms with Crippen molar-refractivity contribution < 1.29 is 9.53 Å². The van der Waals surface area contributed by atoms with Gasteiger partial charge >= 0.3 is 5.97 Å². The molecule has 98 valence electrons. The van der Waals surface area contributed by atoms with E-state index in [2.05, 4.69) is 4.98 Å². The van der Waals surface area contributed by atoms with Gasteiger partial charge in [0.2, 0.25) is 0 Å². The van der Waals surface area contributed by atoms with E-state index in [9.17, 15) is 4.79 Å². The number of carbonyl (C=O) groups is 1. The van der Waals surface area contributed by atoms with Crippen molar-refractivity contribution in [2.45, 2.75) is 6.54 Å². The number of hydrogen-bond donors (Lipinski definition) is 1. The average molecular weight is 276 g/mol. The van der Waals surface area contributed by atoms with Crippen molar-refractivity contribution >= 4 is 28.0 Å². The highest BCUT2D eigenvalue weighted by Gasteiger charge is 2.14. The van der Waals surface area contributed by atoms with E-state index in [0.29, 0.717) is 17.9 Å². The molecule has 0 saturated heterocycles. The Morgan fingerprint density at radius 2 is 2.37 bits per heavy atom. The standard InChI is InChI=1S/C12H12N4O2S/c1-18-11(17)10-4-8(13)5-16(10)7-9-6-15-2-3-19-12(15)14-9/h2-6H,7,13H2,1H3. The van der Waals surface area contributed by atoms with Crippen LogP contribution in [0.4, 0.5) is 5.69 Å². The molecule has 0 radical (unpaired) electrons. The van der Waals surface area contributed by atoms with Crippen molar-refractivity contribution in [2.24, 2.45) is 0 Å². The first-order valence-electron chi connectivity index (χ1n) is 5.62. The lowest BCUT2D eigenvalue weighted by Gasteiger charge is -2.04. The molecule has 0 aliphatic carbocycles. The molecule has 0 unspecified atom stereocenters. The molecule has 0 aromatic carbocycles. The van der Waals surface area contributed by atoms with Gasteiger partial charge in [0, 0.05) is 24.0 Å². The fourth-order valence-electron chi connectivity index (χ4n) is 1.97. The van der Waals surface area contributed by atoms with Gasteiger partial charge in [0.1, 0.15) is 5.69 Å². The summed E-state index contributed by atoms with van der Waals surface area (Å²) in [5.74, 6) is -0.405. The number of ether oxygens (including phenoxy) is 1. The number of carbonyl (C=O) groups excluding carboxylic acids is 1. The molecule has 19 heavy (non-hydrogen) atoms. The summed E-state index contributed by atoms with van der Waals surface area (Å²) in [5.41, 5.74) is 7.55. The van der Waals surface area contributed by atoms with Gasteiger partial charge < -0.3 is 15.0 Å². The van der Waals surface area contributed by atoms with Gasteiger partial charge in [-0.15, -0.1) is 11.3 Å². The number of methoxy groups -OCH3 is 1. The van der Waals surface area contributed by atoms with Crippen molar-refractivity contribution in [1.29, 1.82) is 0 Å². The number of hydrogen-bond acceptors (Lipinski definition) is 5. The third-order valence-electron chi connectivity index (χ3n) is 2.79. The van der Waals surface area contributed by atoms with Crippen LogP contribution >= 0.6 is 11.3 Å². The van der Waals surface area contributed by atoms with E-state index in [-0.39, 0.29) is 0 Å². The third-order valence-corrected chi connectivity index (χ3v) is 3.56. The summed E-state index contributed by atoms with van der Waals surface area (Å²) in [4.78, 5) is 17.0. The lowest BCUT2D eigenvalue weighted by atomic mass is 10.4. The van der Waals surface area contributed by atoms with Crippen molar-refractivity contribution in [3.05, 3.63) is 41.4 Å². The summed E-state index contributed by atoms with van der Waals surface area (Å²) in [6.45, 7) is 0.482. The van der Waals surface area contributed by atoms with Crippen LogP contribution in [0.25, 0.3) is 4.96 Å². The molecular weight excluding hydrogens is 264 g/mol. The van der Waals surface area contributed by atoms with Crippen LogP contribution in [0, 0.1) is 0 Å². The topological polar surface area (TPSA) is 74.5 Å². The highest BCUT2D eigenvalue weighted by atomic mass is 32.1. The maximum Gasteiger partial charge on any atom is 0.354 e. The monoisotopic (exact) mass is 276 g/mol. The highest BCUT2D eigenvalue weighted by molar-refractivity contribution is 7.15. The molecule has 0 aliphatic rings. The van der Waals surface area contributed by atoms with Crippen LogP contribution in [0.3, 0.4) is 0 Å². The Morgan fingerprint density at radius 3 is 3.11 bits per heavy atom. The predicted octanol–water partition coefficient (Wildman–Crippen LogP) is 1.61. The van der Waals surface area contributed by atoms with Crippen LogP contribution in [0.15, 0.2) is 30.0 Å². The van der Waals surface area contributed by atoms with Gasteiger partial charge in [-0.3, -0.25) is 4.40 Å². The smallest absolute Gasteiger partial charge is 0.354 e. The number of thiazole rings is 1. The summed E-state index contributed by atoms with van der Waals surface area (Å²) < 4.78 is 8.43. The highest BCUT2D eigenvalue weighted by Crippen LogP contribution is 2.16. The minimum Gasteiger partial charge on any atom is -0.464 e. The van der Waals surface area contributed by atoms with Gasteiger partial charge in [0.05, 0.1) is 25.0 Å². The number of nitrogens with two attached hydrogens (primary N) is 1. The van der Waals surface area contributed by atoms with Gasteiger partial charge in [0.25, 0.3) is 0 Å². The average Bonchev–Trinajstić information content (AvgIpc) is 3.03. The number of fused-ring (bicyclic) bond motifs is 1. The van der Waals surface area contributed by atoms with Crippen LogP contribution < -0.4 is 5.73 Å². The van der Waals surface area contributed by atoms with E-state index in [1.165, 1.54) is 7.11 Å². The van der Waals surface area contributed by atoms with E-state index in [0.717, 1.165) is 10.7 Å². The van der Waals surface area contributed by atoms with Crippen molar-refractivity contribution in [3.63, 3.8) is 0 Å². The number of anilines is 1. The lowest BCUT2D eigenvalue weighted by molar-refractivity contribution is 0.0589. The van der Waals surface area contributed by atoms with E-state index in [4.69, 9.17) is 10.5 Å². The summed E-state index contributed by atoms with van der Waals surface area (Å²) >= 11 is 1.57. The molecule has 0 atom stereocenters. The molecule has 6 nitrogen and oxygen atoms in total. The Morgan fingerprint density at radius 1 is 1.53 bits per heavy atom. The number of rotatable bonds is 3. The fourth-order valence-corrected chi connectivity index (χ4v) is 2.68. The van der Waals surface area contributed by atoms with Gasteiger partial charge in [-0.2, -0.15) is 0 Å². The number of nitrogens with zero attached hydrogens (tertiary/aromatic N) is 3. The van der Waals surface area contributed by atoms with E-state index in [1.54, 1.807) is 28.2 Å². The van der Waals surface area contributed by atoms with Gasteiger partial charge in [-0.1, -0.05) is 0 Å². The molecule has 0 bridgehead atoms. The molecule has 7 heteroatoms. The van der Waals surface area contributed by atoms with Gasteiger partial charge in [-0.05, 0) is 6.07 Å². The molecule has 0 amide bonds. The Hall–Kier alpha value is -2.28. The first kappa shape index (κ1) is 11.8. The molecule has 3 rings (SSSR count). The second-order valence-corrected chi connectivity index (χ2v) is 4.98. The van der Waals surface area contributed by atoms with Crippen molar-refractivity contribution in [3.8, 4) is 0 Å². The minimum absolute atomic E-state index is 0.405. The SMILES string of the molecule is COC(=O)c1cc(N)cn1Cc1cn2ccsc2n1. The first-order valence-corrected chi connectivity index (χ1v) is 6.50. The van der Waals surface area contributed by atoms with Crippen molar-refractivity contribution in [1.82, 2.24) is 14.0 Å². The molecule has 0 spiro atoms. The molecular formula is C12H12N4O2S.